The fourth-order valence-electron chi connectivity index (χ4n) is 2.22. The molecule has 0 saturated carbocycles. The van der Waals surface area contributed by atoms with E-state index in [1.165, 1.54) is 7.11 Å². The molecule has 1 heterocycles. The SMILES string of the molecule is COc1c(Br)cc(C2CC(C(=O)O)CN2)c(O)c1F. The molecule has 1 aliphatic heterocycles. The molecule has 19 heavy (non-hydrogen) atoms. The summed E-state index contributed by atoms with van der Waals surface area (Å²) in [6.07, 6.45) is 0.307. The molecule has 1 aromatic rings. The van der Waals surface area contributed by atoms with Crippen molar-refractivity contribution >= 4 is 21.9 Å². The highest BCUT2D eigenvalue weighted by Gasteiger charge is 2.33. The molecule has 0 amide bonds. The van der Waals surface area contributed by atoms with E-state index in [1.807, 2.05) is 0 Å². The largest absolute Gasteiger partial charge is 0.504 e. The number of hydrogen-bond acceptors (Lipinski definition) is 4. The average molecular weight is 334 g/mol. The monoisotopic (exact) mass is 333 g/mol. The summed E-state index contributed by atoms with van der Waals surface area (Å²) in [6, 6.07) is 1.15. The number of hydrogen-bond donors (Lipinski definition) is 3. The molecule has 2 unspecified atom stereocenters. The van der Waals surface area contributed by atoms with Gasteiger partial charge in [0.1, 0.15) is 0 Å². The topological polar surface area (TPSA) is 78.8 Å². The Balaban J connectivity index is 2.34. The van der Waals surface area contributed by atoms with Gasteiger partial charge in [0.05, 0.1) is 17.5 Å². The molecule has 0 aliphatic carbocycles. The molecule has 1 fully saturated rings. The average Bonchev–Trinajstić information content (AvgIpc) is 2.84. The van der Waals surface area contributed by atoms with E-state index in [4.69, 9.17) is 9.84 Å². The lowest BCUT2D eigenvalue weighted by Crippen LogP contribution is -2.17. The summed E-state index contributed by atoms with van der Waals surface area (Å²) in [6.45, 7) is 0.296. The first kappa shape index (κ1) is 14.1. The highest BCUT2D eigenvalue weighted by atomic mass is 79.9. The van der Waals surface area contributed by atoms with Crippen LogP contribution >= 0.6 is 15.9 Å². The second kappa shape index (κ2) is 5.34. The lowest BCUT2D eigenvalue weighted by atomic mass is 9.99. The van der Waals surface area contributed by atoms with Crippen LogP contribution in [0.1, 0.15) is 18.0 Å². The van der Waals surface area contributed by atoms with Crippen LogP contribution in [-0.4, -0.2) is 29.8 Å². The summed E-state index contributed by atoms with van der Waals surface area (Å²) in [4.78, 5) is 10.9. The number of phenols is 1. The van der Waals surface area contributed by atoms with Gasteiger partial charge in [-0.15, -0.1) is 0 Å². The molecule has 104 valence electrons. The number of rotatable bonds is 3. The number of methoxy groups -OCH3 is 1. The minimum atomic E-state index is -0.900. The Labute approximate surface area is 117 Å². The van der Waals surface area contributed by atoms with E-state index in [1.54, 1.807) is 6.07 Å². The number of carboxylic acids is 1. The van der Waals surface area contributed by atoms with Crippen LogP contribution in [0.25, 0.3) is 0 Å². The van der Waals surface area contributed by atoms with Crippen molar-refractivity contribution in [3.05, 3.63) is 21.9 Å². The van der Waals surface area contributed by atoms with Crippen LogP contribution in [0.3, 0.4) is 0 Å². The van der Waals surface area contributed by atoms with Crippen molar-refractivity contribution in [3.8, 4) is 11.5 Å². The Kier molecular flexibility index (Phi) is 3.96. The van der Waals surface area contributed by atoms with Gasteiger partial charge in [-0.2, -0.15) is 4.39 Å². The van der Waals surface area contributed by atoms with E-state index >= 15 is 0 Å². The summed E-state index contributed by atoms with van der Waals surface area (Å²) in [5, 5.41) is 21.8. The highest BCUT2D eigenvalue weighted by molar-refractivity contribution is 9.10. The third-order valence-electron chi connectivity index (χ3n) is 3.24. The maximum absolute atomic E-state index is 13.9. The summed E-state index contributed by atoms with van der Waals surface area (Å²) in [5.74, 6) is -2.87. The molecule has 3 N–H and O–H groups in total. The molecule has 7 heteroatoms. The molecule has 0 bridgehead atoms. The van der Waals surface area contributed by atoms with Gasteiger partial charge in [0, 0.05) is 18.2 Å². The molecular formula is C12H13BrFNO4. The van der Waals surface area contributed by atoms with Crippen LogP contribution < -0.4 is 10.1 Å². The van der Waals surface area contributed by atoms with Crippen LogP contribution in [-0.2, 0) is 4.79 Å². The van der Waals surface area contributed by atoms with Gasteiger partial charge in [-0.05, 0) is 28.4 Å². The molecule has 1 aromatic carbocycles. The van der Waals surface area contributed by atoms with Crippen molar-refractivity contribution in [2.24, 2.45) is 5.92 Å². The molecular weight excluding hydrogens is 321 g/mol. The highest BCUT2D eigenvalue weighted by Crippen LogP contribution is 2.41. The molecule has 1 aliphatic rings. The molecule has 5 nitrogen and oxygen atoms in total. The van der Waals surface area contributed by atoms with Crippen molar-refractivity contribution in [2.45, 2.75) is 12.5 Å². The quantitative estimate of drug-likeness (QED) is 0.788. The molecule has 1 saturated heterocycles. The molecule has 0 aromatic heterocycles. The van der Waals surface area contributed by atoms with Gasteiger partial charge in [-0.1, -0.05) is 0 Å². The van der Waals surface area contributed by atoms with Crippen LogP contribution in [0.5, 0.6) is 11.5 Å². The standard InChI is InChI=1S/C12H13BrFNO4/c1-19-11-7(13)3-6(10(16)9(11)14)8-2-5(4-15-8)12(17)18/h3,5,8,15-16H,2,4H2,1H3,(H,17,18). The maximum Gasteiger partial charge on any atom is 0.307 e. The fourth-order valence-corrected chi connectivity index (χ4v) is 2.81. The van der Waals surface area contributed by atoms with E-state index in [2.05, 4.69) is 21.2 Å². The van der Waals surface area contributed by atoms with E-state index in [0.717, 1.165) is 0 Å². The van der Waals surface area contributed by atoms with Crippen molar-refractivity contribution in [2.75, 3.05) is 13.7 Å². The number of aliphatic carboxylic acids is 1. The lowest BCUT2D eigenvalue weighted by Gasteiger charge is -2.16. The second-order valence-corrected chi connectivity index (χ2v) is 5.23. The summed E-state index contributed by atoms with van der Waals surface area (Å²) >= 11 is 3.16. The predicted octanol–water partition coefficient (Wildman–Crippen LogP) is 2.04. The predicted molar refractivity (Wildman–Crippen MR) is 68.8 cm³/mol. The first-order chi connectivity index (χ1) is 8.95. The van der Waals surface area contributed by atoms with Gasteiger partial charge in [-0.25, -0.2) is 0 Å². The summed E-state index contributed by atoms with van der Waals surface area (Å²) in [7, 11) is 1.30. The minimum Gasteiger partial charge on any atom is -0.504 e. The van der Waals surface area contributed by atoms with Gasteiger partial charge in [-0.3, -0.25) is 4.79 Å². The molecule has 0 radical (unpaired) electrons. The first-order valence-corrected chi connectivity index (χ1v) is 6.46. The van der Waals surface area contributed by atoms with Crippen LogP contribution in [0.15, 0.2) is 10.5 Å². The van der Waals surface area contributed by atoms with Crippen molar-refractivity contribution in [1.29, 1.82) is 0 Å². The van der Waals surface area contributed by atoms with Crippen molar-refractivity contribution in [3.63, 3.8) is 0 Å². The van der Waals surface area contributed by atoms with Crippen LogP contribution in [0.2, 0.25) is 0 Å². The fraction of sp³-hybridized carbons (Fsp3) is 0.417. The van der Waals surface area contributed by atoms with Gasteiger partial charge in [0.25, 0.3) is 0 Å². The zero-order valence-electron chi connectivity index (χ0n) is 10.1. The Morgan fingerprint density at radius 1 is 1.63 bits per heavy atom. The smallest absolute Gasteiger partial charge is 0.307 e. The number of phenolic OH excluding ortho intramolecular Hbond substituents is 1. The van der Waals surface area contributed by atoms with Gasteiger partial charge in [0.15, 0.2) is 11.5 Å². The van der Waals surface area contributed by atoms with Gasteiger partial charge in [0.2, 0.25) is 5.82 Å². The third-order valence-corrected chi connectivity index (χ3v) is 3.83. The number of benzene rings is 1. The zero-order chi connectivity index (χ0) is 14.2. The Hall–Kier alpha value is -1.34. The number of halogens is 2. The summed E-state index contributed by atoms with van der Waals surface area (Å²) in [5.41, 5.74) is 0.328. The lowest BCUT2D eigenvalue weighted by molar-refractivity contribution is -0.141. The molecule has 0 spiro atoms. The van der Waals surface area contributed by atoms with Crippen LogP contribution in [0, 0.1) is 11.7 Å². The second-order valence-electron chi connectivity index (χ2n) is 4.38. The van der Waals surface area contributed by atoms with Crippen LogP contribution in [0.4, 0.5) is 4.39 Å². The van der Waals surface area contributed by atoms with Gasteiger partial charge >= 0.3 is 5.97 Å². The minimum absolute atomic E-state index is 0.0750. The Morgan fingerprint density at radius 3 is 2.84 bits per heavy atom. The number of ether oxygens (including phenoxy) is 1. The zero-order valence-corrected chi connectivity index (χ0v) is 11.7. The van der Waals surface area contributed by atoms with Crippen molar-refractivity contribution < 1.29 is 24.1 Å². The molecule has 2 rings (SSSR count). The Morgan fingerprint density at radius 2 is 2.32 bits per heavy atom. The number of carbonyl (C=O) groups is 1. The summed E-state index contributed by atoms with van der Waals surface area (Å²) < 4.78 is 19.1. The number of carboxylic acid groups (broad SMARTS) is 1. The maximum atomic E-state index is 13.9. The number of nitrogens with one attached hydrogen (secondary N) is 1. The normalized spacial score (nSPS) is 22.5. The third kappa shape index (κ3) is 2.52. The van der Waals surface area contributed by atoms with E-state index in [-0.39, 0.29) is 5.75 Å². The first-order valence-electron chi connectivity index (χ1n) is 5.66. The van der Waals surface area contributed by atoms with E-state index < -0.39 is 29.5 Å². The molecule has 2 atom stereocenters. The van der Waals surface area contributed by atoms with E-state index in [0.29, 0.717) is 23.0 Å². The number of aromatic hydroxyl groups is 1. The van der Waals surface area contributed by atoms with Gasteiger partial charge < -0.3 is 20.3 Å². The Bertz CT molecular complexity index is 523. The van der Waals surface area contributed by atoms with E-state index in [9.17, 15) is 14.3 Å². The van der Waals surface area contributed by atoms with Crippen molar-refractivity contribution in [1.82, 2.24) is 5.32 Å².